The van der Waals surface area contributed by atoms with Gasteiger partial charge in [0.25, 0.3) is 0 Å². The van der Waals surface area contributed by atoms with Crippen molar-refractivity contribution in [3.8, 4) is 0 Å². The third-order valence-corrected chi connectivity index (χ3v) is 4.57. The summed E-state index contributed by atoms with van der Waals surface area (Å²) in [5, 5.41) is 11.8. The van der Waals surface area contributed by atoms with Gasteiger partial charge in [0, 0.05) is 13.5 Å². The minimum atomic E-state index is -0.427. The molecule has 3 rings (SSSR count). The van der Waals surface area contributed by atoms with E-state index in [1.165, 1.54) is 11.3 Å². The van der Waals surface area contributed by atoms with E-state index < -0.39 is 5.92 Å². The number of carbonyl (C=O) groups excluding carboxylic acids is 2. The number of nitrogens with zero attached hydrogens (tertiary/aromatic N) is 3. The Morgan fingerprint density at radius 3 is 2.68 bits per heavy atom. The van der Waals surface area contributed by atoms with Crippen molar-refractivity contribution in [1.29, 1.82) is 0 Å². The van der Waals surface area contributed by atoms with Crippen LogP contribution in [-0.4, -0.2) is 34.0 Å². The normalized spacial score (nSPS) is 21.2. The second kappa shape index (κ2) is 5.84. The highest BCUT2D eigenvalue weighted by atomic mass is 32.1. The molecule has 0 bridgehead atoms. The monoisotopic (exact) mass is 316 g/mol. The van der Waals surface area contributed by atoms with Crippen LogP contribution in [0.4, 0.5) is 5.13 Å². The molecular formula is C15H16N4O2S. The topological polar surface area (TPSA) is 75.2 Å². The quantitative estimate of drug-likeness (QED) is 0.940. The summed E-state index contributed by atoms with van der Waals surface area (Å²) in [5.74, 6) is -0.644. The first-order valence-electron chi connectivity index (χ1n) is 6.98. The minimum Gasteiger partial charge on any atom is -0.338 e. The zero-order chi connectivity index (χ0) is 15.7. The van der Waals surface area contributed by atoms with Crippen LogP contribution in [0, 0.1) is 12.8 Å². The lowest BCUT2D eigenvalue weighted by Crippen LogP contribution is -2.29. The van der Waals surface area contributed by atoms with E-state index in [0.29, 0.717) is 5.13 Å². The number of nitrogens with one attached hydrogen (secondary N) is 1. The summed E-state index contributed by atoms with van der Waals surface area (Å²) in [6.45, 7) is 1.83. The van der Waals surface area contributed by atoms with Gasteiger partial charge in [-0.25, -0.2) is 0 Å². The van der Waals surface area contributed by atoms with Crippen molar-refractivity contribution in [3.63, 3.8) is 0 Å². The summed E-state index contributed by atoms with van der Waals surface area (Å²) >= 11 is 1.32. The molecule has 22 heavy (non-hydrogen) atoms. The molecule has 1 aromatic carbocycles. The number of aromatic nitrogens is 2. The van der Waals surface area contributed by atoms with Gasteiger partial charge in [0.2, 0.25) is 16.9 Å². The van der Waals surface area contributed by atoms with Crippen LogP contribution in [-0.2, 0) is 9.59 Å². The van der Waals surface area contributed by atoms with Gasteiger partial charge in [0.1, 0.15) is 5.01 Å². The highest BCUT2D eigenvalue weighted by Gasteiger charge is 2.42. The van der Waals surface area contributed by atoms with E-state index in [4.69, 9.17) is 0 Å². The number of aryl methyl sites for hydroxylation is 1. The van der Waals surface area contributed by atoms with E-state index in [1.807, 2.05) is 37.3 Å². The molecule has 0 aliphatic carbocycles. The van der Waals surface area contributed by atoms with Gasteiger partial charge in [-0.15, -0.1) is 10.2 Å². The Hall–Kier alpha value is -2.28. The number of amides is 2. The maximum atomic E-state index is 12.5. The molecule has 2 unspecified atom stereocenters. The highest BCUT2D eigenvalue weighted by Crippen LogP contribution is 2.37. The lowest BCUT2D eigenvalue weighted by atomic mass is 9.93. The van der Waals surface area contributed by atoms with Crippen molar-refractivity contribution in [2.75, 3.05) is 12.4 Å². The fourth-order valence-electron chi connectivity index (χ4n) is 2.76. The van der Waals surface area contributed by atoms with Crippen molar-refractivity contribution >= 4 is 28.3 Å². The van der Waals surface area contributed by atoms with E-state index in [-0.39, 0.29) is 24.3 Å². The van der Waals surface area contributed by atoms with Gasteiger partial charge in [-0.1, -0.05) is 41.7 Å². The zero-order valence-corrected chi connectivity index (χ0v) is 13.1. The molecule has 1 aliphatic heterocycles. The molecule has 0 radical (unpaired) electrons. The summed E-state index contributed by atoms with van der Waals surface area (Å²) < 4.78 is 0. The number of benzene rings is 1. The summed E-state index contributed by atoms with van der Waals surface area (Å²) in [5.41, 5.74) is 0.962. The van der Waals surface area contributed by atoms with E-state index in [0.717, 1.165) is 10.6 Å². The lowest BCUT2D eigenvalue weighted by molar-refractivity contribution is -0.127. The van der Waals surface area contributed by atoms with Gasteiger partial charge in [0.05, 0.1) is 12.0 Å². The molecular weight excluding hydrogens is 300 g/mol. The van der Waals surface area contributed by atoms with Crippen LogP contribution in [0.5, 0.6) is 0 Å². The second-order valence-corrected chi connectivity index (χ2v) is 6.47. The van der Waals surface area contributed by atoms with Crippen LogP contribution in [0.25, 0.3) is 0 Å². The minimum absolute atomic E-state index is 0.0255. The third kappa shape index (κ3) is 2.71. The predicted molar refractivity (Wildman–Crippen MR) is 83.3 cm³/mol. The molecule has 2 aromatic rings. The van der Waals surface area contributed by atoms with E-state index >= 15 is 0 Å². The number of likely N-dealkylation sites (tertiary alicyclic amines) is 1. The molecule has 2 atom stereocenters. The summed E-state index contributed by atoms with van der Waals surface area (Å²) in [6, 6.07) is 9.37. The Kier molecular flexibility index (Phi) is 3.89. The third-order valence-electron chi connectivity index (χ3n) is 3.82. The Labute approximate surface area is 132 Å². The molecule has 1 saturated heterocycles. The summed E-state index contributed by atoms with van der Waals surface area (Å²) in [4.78, 5) is 26.2. The average Bonchev–Trinajstić information content (AvgIpc) is 3.04. The average molecular weight is 316 g/mol. The van der Waals surface area contributed by atoms with Crippen LogP contribution in [0.2, 0.25) is 0 Å². The van der Waals surface area contributed by atoms with Gasteiger partial charge >= 0.3 is 0 Å². The van der Waals surface area contributed by atoms with Crippen LogP contribution in [0.1, 0.15) is 23.0 Å². The number of anilines is 1. The standard InChI is InChI=1S/C15H16N4O2S/c1-9-17-18-15(22-9)16-14(21)11-8-12(20)19(2)13(11)10-6-4-3-5-7-10/h3-7,11,13H,8H2,1-2H3,(H,16,18,21). The van der Waals surface area contributed by atoms with Gasteiger partial charge in [-0.2, -0.15) is 0 Å². The van der Waals surface area contributed by atoms with Crippen molar-refractivity contribution < 1.29 is 9.59 Å². The second-order valence-electron chi connectivity index (χ2n) is 5.29. The molecule has 6 nitrogen and oxygen atoms in total. The molecule has 114 valence electrons. The van der Waals surface area contributed by atoms with Gasteiger partial charge in [0.15, 0.2) is 0 Å². The number of carbonyl (C=O) groups is 2. The molecule has 0 saturated carbocycles. The van der Waals surface area contributed by atoms with Crippen LogP contribution < -0.4 is 5.32 Å². The smallest absolute Gasteiger partial charge is 0.232 e. The molecule has 1 aliphatic rings. The fourth-order valence-corrected chi connectivity index (χ4v) is 3.35. The van der Waals surface area contributed by atoms with Crippen molar-refractivity contribution in [3.05, 3.63) is 40.9 Å². The van der Waals surface area contributed by atoms with Crippen LogP contribution in [0.3, 0.4) is 0 Å². The Morgan fingerprint density at radius 2 is 2.05 bits per heavy atom. The first-order valence-corrected chi connectivity index (χ1v) is 7.79. The fraction of sp³-hybridized carbons (Fsp3) is 0.333. The zero-order valence-electron chi connectivity index (χ0n) is 12.3. The Morgan fingerprint density at radius 1 is 1.32 bits per heavy atom. The molecule has 2 amide bonds. The van der Waals surface area contributed by atoms with Crippen LogP contribution in [0.15, 0.2) is 30.3 Å². The first kappa shape index (κ1) is 14.6. The number of hydrogen-bond acceptors (Lipinski definition) is 5. The largest absolute Gasteiger partial charge is 0.338 e. The molecule has 1 fully saturated rings. The van der Waals surface area contributed by atoms with Crippen molar-refractivity contribution in [1.82, 2.24) is 15.1 Å². The maximum absolute atomic E-state index is 12.5. The Bertz CT molecular complexity index is 701. The van der Waals surface area contributed by atoms with Gasteiger partial charge < -0.3 is 10.2 Å². The first-order chi connectivity index (χ1) is 10.6. The van der Waals surface area contributed by atoms with Crippen LogP contribution >= 0.6 is 11.3 Å². The van der Waals surface area contributed by atoms with E-state index in [2.05, 4.69) is 15.5 Å². The molecule has 2 heterocycles. The predicted octanol–water partition coefficient (Wildman–Crippen LogP) is 2.00. The van der Waals surface area contributed by atoms with E-state index in [1.54, 1.807) is 11.9 Å². The summed E-state index contributed by atoms with van der Waals surface area (Å²) in [7, 11) is 1.74. The van der Waals surface area contributed by atoms with Gasteiger partial charge in [-0.3, -0.25) is 9.59 Å². The molecule has 1 aromatic heterocycles. The van der Waals surface area contributed by atoms with Crippen molar-refractivity contribution in [2.24, 2.45) is 5.92 Å². The highest BCUT2D eigenvalue weighted by molar-refractivity contribution is 7.15. The Balaban J connectivity index is 1.84. The summed E-state index contributed by atoms with van der Waals surface area (Å²) in [6.07, 6.45) is 0.208. The van der Waals surface area contributed by atoms with Gasteiger partial charge in [-0.05, 0) is 12.5 Å². The molecule has 1 N–H and O–H groups in total. The van der Waals surface area contributed by atoms with Crippen molar-refractivity contribution in [2.45, 2.75) is 19.4 Å². The lowest BCUT2D eigenvalue weighted by Gasteiger charge is -2.24. The maximum Gasteiger partial charge on any atom is 0.232 e. The number of hydrogen-bond donors (Lipinski definition) is 1. The SMILES string of the molecule is Cc1nnc(NC(=O)C2CC(=O)N(C)C2c2ccccc2)s1. The van der Waals surface area contributed by atoms with E-state index in [9.17, 15) is 9.59 Å². The number of rotatable bonds is 3. The molecule has 7 heteroatoms. The molecule has 0 spiro atoms.